The maximum Gasteiger partial charge on any atom is 0.280 e. The molecule has 0 saturated carbocycles. The molecule has 6 nitrogen and oxygen atoms in total. The van der Waals surface area contributed by atoms with Crippen LogP contribution in [0.3, 0.4) is 0 Å². The molecule has 0 radical (unpaired) electrons. The summed E-state index contributed by atoms with van der Waals surface area (Å²) in [4.78, 5) is 29.9. The monoisotopic (exact) mass is 408 g/mol. The fourth-order valence-corrected chi connectivity index (χ4v) is 3.27. The number of nitrogens with one attached hydrogen (secondary N) is 1. The summed E-state index contributed by atoms with van der Waals surface area (Å²) in [5.74, 6) is -2.57. The van der Waals surface area contributed by atoms with Gasteiger partial charge in [-0.2, -0.15) is 0 Å². The van der Waals surface area contributed by atoms with Crippen molar-refractivity contribution in [3.05, 3.63) is 88.3 Å². The summed E-state index contributed by atoms with van der Waals surface area (Å²) in [6.45, 7) is 1.79. The fraction of sp³-hybridized carbons (Fsp3) is 0.136. The standard InChI is InChI=1S/C22H18F2N4O2/c1-2-14-5-8-16(9-6-14)28-22(30)17-4-3-11-25-21(17)27(28)13-20(29)26-15-7-10-18(23)19(24)12-15/h3-12H,2,13H2,1H3,(H,26,29). The Labute approximate surface area is 170 Å². The quantitative estimate of drug-likeness (QED) is 0.548. The van der Waals surface area contributed by atoms with Crippen LogP contribution in [0.2, 0.25) is 0 Å². The molecule has 0 saturated heterocycles. The second-order valence-corrected chi connectivity index (χ2v) is 6.75. The van der Waals surface area contributed by atoms with Gasteiger partial charge in [0.25, 0.3) is 5.56 Å². The number of pyridine rings is 1. The number of aryl methyl sites for hydroxylation is 1. The maximum atomic E-state index is 13.4. The summed E-state index contributed by atoms with van der Waals surface area (Å²) in [5.41, 5.74) is 1.87. The van der Waals surface area contributed by atoms with Gasteiger partial charge in [-0.3, -0.25) is 14.3 Å². The fourth-order valence-electron chi connectivity index (χ4n) is 3.27. The van der Waals surface area contributed by atoms with Crippen LogP contribution in [0.4, 0.5) is 14.5 Å². The summed E-state index contributed by atoms with van der Waals surface area (Å²) in [5, 5.41) is 2.89. The number of anilines is 1. The van der Waals surface area contributed by atoms with Crippen molar-refractivity contribution >= 4 is 22.6 Å². The molecule has 0 fully saturated rings. The minimum absolute atomic E-state index is 0.115. The average Bonchev–Trinajstić information content (AvgIpc) is 3.02. The number of halogens is 2. The Bertz CT molecular complexity index is 1290. The predicted molar refractivity (Wildman–Crippen MR) is 110 cm³/mol. The molecule has 30 heavy (non-hydrogen) atoms. The first kappa shape index (κ1) is 19.5. The molecular weight excluding hydrogens is 390 g/mol. The average molecular weight is 408 g/mol. The number of rotatable bonds is 5. The molecule has 2 heterocycles. The van der Waals surface area contributed by atoms with Gasteiger partial charge in [-0.05, 0) is 48.4 Å². The van der Waals surface area contributed by atoms with Gasteiger partial charge >= 0.3 is 0 Å². The molecule has 4 rings (SSSR count). The van der Waals surface area contributed by atoms with Gasteiger partial charge in [0.2, 0.25) is 5.91 Å². The van der Waals surface area contributed by atoms with E-state index in [0.717, 1.165) is 24.1 Å². The van der Waals surface area contributed by atoms with Crippen molar-refractivity contribution in [2.45, 2.75) is 19.9 Å². The number of hydrogen-bond donors (Lipinski definition) is 1. The van der Waals surface area contributed by atoms with Crippen LogP contribution >= 0.6 is 0 Å². The summed E-state index contributed by atoms with van der Waals surface area (Å²) in [6, 6.07) is 13.8. The molecule has 8 heteroatoms. The Balaban J connectivity index is 1.74. The topological polar surface area (TPSA) is 68.9 Å². The van der Waals surface area contributed by atoms with E-state index < -0.39 is 17.5 Å². The van der Waals surface area contributed by atoms with E-state index in [1.54, 1.807) is 12.1 Å². The molecule has 0 atom stereocenters. The summed E-state index contributed by atoms with van der Waals surface area (Å²) < 4.78 is 29.4. The molecular formula is C22H18F2N4O2. The van der Waals surface area contributed by atoms with Crippen LogP contribution in [0.25, 0.3) is 16.7 Å². The Morgan fingerprint density at radius 3 is 2.53 bits per heavy atom. The highest BCUT2D eigenvalue weighted by Gasteiger charge is 2.18. The SMILES string of the molecule is CCc1ccc(-n2c(=O)c3cccnc3n2CC(=O)Nc2ccc(F)c(F)c2)cc1. The van der Waals surface area contributed by atoms with E-state index in [2.05, 4.69) is 10.3 Å². The van der Waals surface area contributed by atoms with Gasteiger partial charge in [-0.1, -0.05) is 19.1 Å². The Morgan fingerprint density at radius 1 is 1.07 bits per heavy atom. The highest BCUT2D eigenvalue weighted by Crippen LogP contribution is 2.16. The van der Waals surface area contributed by atoms with Crippen LogP contribution in [-0.4, -0.2) is 20.3 Å². The summed E-state index contributed by atoms with van der Waals surface area (Å²) >= 11 is 0. The van der Waals surface area contributed by atoms with Crippen molar-refractivity contribution in [1.82, 2.24) is 14.3 Å². The summed E-state index contributed by atoms with van der Waals surface area (Å²) in [7, 11) is 0. The number of hydrogen-bond acceptors (Lipinski definition) is 3. The first-order valence-corrected chi connectivity index (χ1v) is 9.38. The molecule has 0 aliphatic rings. The van der Waals surface area contributed by atoms with Crippen molar-refractivity contribution in [2.24, 2.45) is 0 Å². The Kier molecular flexibility index (Phi) is 5.14. The lowest BCUT2D eigenvalue weighted by Crippen LogP contribution is -2.27. The molecule has 0 aliphatic carbocycles. The van der Waals surface area contributed by atoms with Crippen molar-refractivity contribution in [1.29, 1.82) is 0 Å². The molecule has 1 amide bonds. The normalized spacial score (nSPS) is 11.0. The molecule has 0 bridgehead atoms. The Morgan fingerprint density at radius 2 is 1.83 bits per heavy atom. The van der Waals surface area contributed by atoms with Crippen molar-refractivity contribution in [2.75, 3.05) is 5.32 Å². The lowest BCUT2D eigenvalue weighted by atomic mass is 10.1. The molecule has 152 valence electrons. The second kappa shape index (κ2) is 7.90. The van der Waals surface area contributed by atoms with Gasteiger partial charge in [-0.25, -0.2) is 18.4 Å². The van der Waals surface area contributed by atoms with Gasteiger partial charge < -0.3 is 5.32 Å². The zero-order valence-electron chi connectivity index (χ0n) is 16.1. The third-order valence-corrected chi connectivity index (χ3v) is 4.78. The van der Waals surface area contributed by atoms with Gasteiger partial charge in [0, 0.05) is 18.0 Å². The van der Waals surface area contributed by atoms with Crippen LogP contribution in [0.15, 0.2) is 65.6 Å². The predicted octanol–water partition coefficient (Wildman–Crippen LogP) is 3.67. The minimum Gasteiger partial charge on any atom is -0.324 e. The maximum absolute atomic E-state index is 13.4. The Hall–Kier alpha value is -3.81. The third kappa shape index (κ3) is 3.59. The number of fused-ring (bicyclic) bond motifs is 1. The first-order chi connectivity index (χ1) is 14.5. The molecule has 0 spiro atoms. The lowest BCUT2D eigenvalue weighted by Gasteiger charge is -2.13. The van der Waals surface area contributed by atoms with E-state index in [1.165, 1.54) is 21.6 Å². The first-order valence-electron chi connectivity index (χ1n) is 9.38. The van der Waals surface area contributed by atoms with Crippen LogP contribution in [-0.2, 0) is 17.8 Å². The minimum atomic E-state index is -1.06. The molecule has 0 unspecified atom stereocenters. The van der Waals surface area contributed by atoms with Gasteiger partial charge in [-0.15, -0.1) is 0 Å². The van der Waals surface area contributed by atoms with E-state index in [1.807, 2.05) is 31.2 Å². The third-order valence-electron chi connectivity index (χ3n) is 4.78. The van der Waals surface area contributed by atoms with Crippen LogP contribution in [0.5, 0.6) is 0 Å². The zero-order valence-corrected chi connectivity index (χ0v) is 16.1. The largest absolute Gasteiger partial charge is 0.324 e. The van der Waals surface area contributed by atoms with E-state index in [-0.39, 0.29) is 17.8 Å². The lowest BCUT2D eigenvalue weighted by molar-refractivity contribution is -0.116. The van der Waals surface area contributed by atoms with E-state index >= 15 is 0 Å². The molecule has 0 aliphatic heterocycles. The molecule has 4 aromatic rings. The molecule has 2 aromatic carbocycles. The molecule has 1 N–H and O–H groups in total. The number of carbonyl (C=O) groups excluding carboxylic acids is 1. The van der Waals surface area contributed by atoms with Gasteiger partial charge in [0.15, 0.2) is 17.3 Å². The van der Waals surface area contributed by atoms with Gasteiger partial charge in [0.1, 0.15) is 6.54 Å². The number of nitrogens with zero attached hydrogens (tertiary/aromatic N) is 3. The van der Waals surface area contributed by atoms with Crippen molar-refractivity contribution in [3.8, 4) is 5.69 Å². The van der Waals surface area contributed by atoms with E-state index in [0.29, 0.717) is 16.7 Å². The van der Waals surface area contributed by atoms with Gasteiger partial charge in [0.05, 0.1) is 11.1 Å². The van der Waals surface area contributed by atoms with Crippen LogP contribution in [0.1, 0.15) is 12.5 Å². The number of carbonyl (C=O) groups is 1. The van der Waals surface area contributed by atoms with Crippen molar-refractivity contribution in [3.63, 3.8) is 0 Å². The van der Waals surface area contributed by atoms with E-state index in [9.17, 15) is 18.4 Å². The highest BCUT2D eigenvalue weighted by molar-refractivity contribution is 5.91. The highest BCUT2D eigenvalue weighted by atomic mass is 19.2. The second-order valence-electron chi connectivity index (χ2n) is 6.75. The van der Waals surface area contributed by atoms with Crippen LogP contribution in [0, 0.1) is 11.6 Å². The zero-order chi connectivity index (χ0) is 21.3. The van der Waals surface area contributed by atoms with Crippen LogP contribution < -0.4 is 10.9 Å². The smallest absolute Gasteiger partial charge is 0.280 e. The number of amides is 1. The molecule has 2 aromatic heterocycles. The number of benzene rings is 2. The summed E-state index contributed by atoms with van der Waals surface area (Å²) in [6.07, 6.45) is 2.40. The van der Waals surface area contributed by atoms with Crippen molar-refractivity contribution < 1.29 is 13.6 Å². The number of aromatic nitrogens is 3. The van der Waals surface area contributed by atoms with E-state index in [4.69, 9.17) is 0 Å².